The number of nitrogens with zero attached hydrogens (tertiary/aromatic N) is 4. The van der Waals surface area contributed by atoms with Crippen LogP contribution in [-0.4, -0.2) is 57.6 Å². The predicted octanol–water partition coefficient (Wildman–Crippen LogP) is 4.43. The molecule has 0 unspecified atom stereocenters. The monoisotopic (exact) mass is 462 g/mol. The van der Waals surface area contributed by atoms with Gasteiger partial charge in [-0.3, -0.25) is 9.59 Å². The summed E-state index contributed by atoms with van der Waals surface area (Å²) in [7, 11) is 0. The summed E-state index contributed by atoms with van der Waals surface area (Å²) in [6.07, 6.45) is 3.18. The Hall–Kier alpha value is -2.54. The van der Waals surface area contributed by atoms with E-state index in [0.717, 1.165) is 0 Å². The second kappa shape index (κ2) is 8.68. The largest absolute Gasteiger partial charge is 0.335 e. The van der Waals surface area contributed by atoms with Crippen LogP contribution >= 0.6 is 34.8 Å². The summed E-state index contributed by atoms with van der Waals surface area (Å²) in [5.74, 6) is -0.331. The highest BCUT2D eigenvalue weighted by Crippen LogP contribution is 2.27. The SMILES string of the molecule is O=C(c1cnn(-c2ccccc2Cl)c1)N1CCN(C(=O)c2cccc(Cl)c2Cl)CC1. The van der Waals surface area contributed by atoms with Gasteiger partial charge in [0.05, 0.1) is 38.1 Å². The van der Waals surface area contributed by atoms with Crippen molar-refractivity contribution in [3.8, 4) is 5.69 Å². The molecule has 1 saturated heterocycles. The minimum atomic E-state index is -0.193. The van der Waals surface area contributed by atoms with Crippen LogP contribution in [0.4, 0.5) is 0 Å². The van der Waals surface area contributed by atoms with Gasteiger partial charge in [-0.05, 0) is 24.3 Å². The summed E-state index contributed by atoms with van der Waals surface area (Å²) in [6, 6.07) is 12.3. The first kappa shape index (κ1) is 20.7. The highest BCUT2D eigenvalue weighted by atomic mass is 35.5. The zero-order valence-electron chi connectivity index (χ0n) is 15.8. The number of hydrogen-bond donors (Lipinski definition) is 0. The van der Waals surface area contributed by atoms with Gasteiger partial charge in [0, 0.05) is 32.4 Å². The van der Waals surface area contributed by atoms with E-state index in [4.69, 9.17) is 34.8 Å². The van der Waals surface area contributed by atoms with Gasteiger partial charge >= 0.3 is 0 Å². The Balaban J connectivity index is 1.42. The van der Waals surface area contributed by atoms with Crippen molar-refractivity contribution >= 4 is 46.6 Å². The molecule has 0 spiro atoms. The molecule has 1 aromatic heterocycles. The Bertz CT molecular complexity index is 1110. The lowest BCUT2D eigenvalue weighted by molar-refractivity contribution is 0.0535. The molecule has 0 radical (unpaired) electrons. The molecule has 0 N–H and O–H groups in total. The first-order valence-electron chi connectivity index (χ1n) is 9.28. The van der Waals surface area contributed by atoms with Crippen molar-refractivity contribution in [1.82, 2.24) is 19.6 Å². The van der Waals surface area contributed by atoms with Gasteiger partial charge in [-0.15, -0.1) is 0 Å². The van der Waals surface area contributed by atoms with Crippen molar-refractivity contribution in [3.05, 3.63) is 81.1 Å². The van der Waals surface area contributed by atoms with E-state index in [9.17, 15) is 9.59 Å². The normalized spacial score (nSPS) is 14.1. The fraction of sp³-hybridized carbons (Fsp3) is 0.190. The van der Waals surface area contributed by atoms with Crippen LogP contribution < -0.4 is 0 Å². The van der Waals surface area contributed by atoms with Gasteiger partial charge in [0.1, 0.15) is 0 Å². The number of aromatic nitrogens is 2. The Morgan fingerprint density at radius 1 is 0.800 bits per heavy atom. The van der Waals surface area contributed by atoms with Crippen molar-refractivity contribution in [2.45, 2.75) is 0 Å². The number of hydrogen-bond acceptors (Lipinski definition) is 3. The summed E-state index contributed by atoms with van der Waals surface area (Å²) in [5.41, 5.74) is 1.53. The Morgan fingerprint density at radius 2 is 1.43 bits per heavy atom. The molecule has 2 amide bonds. The van der Waals surface area contributed by atoms with Crippen LogP contribution in [0.2, 0.25) is 15.1 Å². The number of rotatable bonds is 3. The lowest BCUT2D eigenvalue weighted by atomic mass is 10.1. The van der Waals surface area contributed by atoms with Crippen LogP contribution in [0.5, 0.6) is 0 Å². The summed E-state index contributed by atoms with van der Waals surface area (Å²) in [4.78, 5) is 29.0. The van der Waals surface area contributed by atoms with E-state index in [1.54, 1.807) is 44.9 Å². The second-order valence-electron chi connectivity index (χ2n) is 6.81. The van der Waals surface area contributed by atoms with Gasteiger partial charge < -0.3 is 9.80 Å². The van der Waals surface area contributed by atoms with Gasteiger partial charge in [0.2, 0.25) is 0 Å². The van der Waals surface area contributed by atoms with Crippen molar-refractivity contribution in [3.63, 3.8) is 0 Å². The molecule has 3 aromatic rings. The van der Waals surface area contributed by atoms with E-state index >= 15 is 0 Å². The molecule has 6 nitrogen and oxygen atoms in total. The molecule has 1 aliphatic rings. The molecular weight excluding hydrogens is 447 g/mol. The lowest BCUT2D eigenvalue weighted by Crippen LogP contribution is -2.50. The predicted molar refractivity (Wildman–Crippen MR) is 117 cm³/mol. The molecule has 1 aliphatic heterocycles. The average molecular weight is 464 g/mol. The van der Waals surface area contributed by atoms with Gasteiger partial charge in [-0.1, -0.05) is 53.0 Å². The lowest BCUT2D eigenvalue weighted by Gasteiger charge is -2.34. The summed E-state index contributed by atoms with van der Waals surface area (Å²) in [6.45, 7) is 1.65. The molecular formula is C21H17Cl3N4O2. The maximum Gasteiger partial charge on any atom is 0.257 e. The molecule has 154 valence electrons. The number of carbonyl (C=O) groups excluding carboxylic acids is 2. The van der Waals surface area contributed by atoms with E-state index < -0.39 is 0 Å². The third kappa shape index (κ3) is 4.03. The third-order valence-corrected chi connectivity index (χ3v) is 6.10. The van der Waals surface area contributed by atoms with Crippen LogP contribution in [0.25, 0.3) is 5.69 Å². The van der Waals surface area contributed by atoms with Crippen molar-refractivity contribution in [2.75, 3.05) is 26.2 Å². The molecule has 30 heavy (non-hydrogen) atoms. The van der Waals surface area contributed by atoms with Crippen LogP contribution in [0.1, 0.15) is 20.7 Å². The van der Waals surface area contributed by atoms with E-state index in [1.165, 1.54) is 6.20 Å². The molecule has 2 heterocycles. The fourth-order valence-corrected chi connectivity index (χ4v) is 3.94. The highest BCUT2D eigenvalue weighted by Gasteiger charge is 2.27. The standard InChI is InChI=1S/C21H17Cl3N4O2/c22-16-5-1-2-7-18(16)28-13-14(12-25-28)20(29)26-8-10-27(11-9-26)21(30)15-4-3-6-17(23)19(15)24/h1-7,12-13H,8-11H2. The highest BCUT2D eigenvalue weighted by molar-refractivity contribution is 6.43. The Morgan fingerprint density at radius 3 is 2.13 bits per heavy atom. The van der Waals surface area contributed by atoms with E-state index in [0.29, 0.717) is 53.0 Å². The minimum absolute atomic E-state index is 0.138. The fourth-order valence-electron chi connectivity index (χ4n) is 3.34. The van der Waals surface area contributed by atoms with Crippen LogP contribution in [0, 0.1) is 0 Å². The Kier molecular flexibility index (Phi) is 5.99. The maximum absolute atomic E-state index is 12.9. The zero-order chi connectivity index (χ0) is 21.3. The number of piperazine rings is 1. The maximum atomic E-state index is 12.9. The average Bonchev–Trinajstić information content (AvgIpc) is 3.25. The van der Waals surface area contributed by atoms with E-state index in [2.05, 4.69) is 5.10 Å². The zero-order valence-corrected chi connectivity index (χ0v) is 18.0. The number of halogens is 3. The smallest absolute Gasteiger partial charge is 0.257 e. The molecule has 9 heteroatoms. The molecule has 4 rings (SSSR count). The van der Waals surface area contributed by atoms with Crippen molar-refractivity contribution < 1.29 is 9.59 Å². The number of benzene rings is 2. The second-order valence-corrected chi connectivity index (χ2v) is 8.00. The Labute approximate surface area is 188 Å². The number of amides is 2. The van der Waals surface area contributed by atoms with Crippen LogP contribution in [0.3, 0.4) is 0 Å². The van der Waals surface area contributed by atoms with E-state index in [-0.39, 0.29) is 16.8 Å². The van der Waals surface area contributed by atoms with Gasteiger partial charge in [0.25, 0.3) is 11.8 Å². The minimum Gasteiger partial charge on any atom is -0.335 e. The summed E-state index contributed by atoms with van der Waals surface area (Å²) in [5, 5.41) is 5.39. The number of para-hydroxylation sites is 1. The third-order valence-electron chi connectivity index (χ3n) is 4.96. The van der Waals surface area contributed by atoms with Crippen LogP contribution in [0.15, 0.2) is 54.9 Å². The van der Waals surface area contributed by atoms with Gasteiger partial charge in [-0.25, -0.2) is 4.68 Å². The number of carbonyl (C=O) groups is 2. The van der Waals surface area contributed by atoms with E-state index in [1.807, 2.05) is 18.2 Å². The van der Waals surface area contributed by atoms with Crippen LogP contribution in [-0.2, 0) is 0 Å². The van der Waals surface area contributed by atoms with Crippen molar-refractivity contribution in [1.29, 1.82) is 0 Å². The molecule has 0 saturated carbocycles. The molecule has 1 fully saturated rings. The summed E-state index contributed by atoms with van der Waals surface area (Å²) < 4.78 is 1.58. The first-order valence-corrected chi connectivity index (χ1v) is 10.4. The molecule has 0 bridgehead atoms. The quantitative estimate of drug-likeness (QED) is 0.577. The van der Waals surface area contributed by atoms with Crippen molar-refractivity contribution in [2.24, 2.45) is 0 Å². The topological polar surface area (TPSA) is 58.4 Å². The van der Waals surface area contributed by atoms with Gasteiger partial charge in [0.15, 0.2) is 0 Å². The molecule has 0 atom stereocenters. The molecule has 2 aromatic carbocycles. The first-order chi connectivity index (χ1) is 14.5. The van der Waals surface area contributed by atoms with Gasteiger partial charge in [-0.2, -0.15) is 5.10 Å². The summed E-state index contributed by atoms with van der Waals surface area (Å²) >= 11 is 18.4. The molecule has 0 aliphatic carbocycles.